The molecule has 1 amide bonds. The Bertz CT molecular complexity index is 1560. The third-order valence-electron chi connectivity index (χ3n) is 9.01. The molecule has 1 atom stereocenters. The molecule has 230 valence electrons. The van der Waals surface area contributed by atoms with Crippen molar-refractivity contribution in [3.05, 3.63) is 92.9 Å². The molecule has 3 aromatic rings. The highest BCUT2D eigenvalue weighted by Gasteiger charge is 2.38. The van der Waals surface area contributed by atoms with Crippen LogP contribution in [-0.2, 0) is 21.2 Å². The van der Waals surface area contributed by atoms with Gasteiger partial charge in [-0.3, -0.25) is 4.79 Å². The zero-order valence-electron chi connectivity index (χ0n) is 24.5. The summed E-state index contributed by atoms with van der Waals surface area (Å²) in [6.45, 7) is 5.36. The summed E-state index contributed by atoms with van der Waals surface area (Å²) in [5, 5.41) is 7.99. The first-order valence-corrected chi connectivity index (χ1v) is 17.4. The molecule has 10 heteroatoms. The number of nitrogens with one attached hydrogen (secondary N) is 2. The number of benzene rings is 3. The van der Waals surface area contributed by atoms with Gasteiger partial charge in [0.05, 0.1) is 21.0 Å². The fourth-order valence-electron chi connectivity index (χ4n) is 6.50. The molecule has 0 aromatic heterocycles. The van der Waals surface area contributed by atoms with Gasteiger partial charge in [0.15, 0.2) is 0 Å². The molecule has 1 unspecified atom stereocenters. The third-order valence-corrected chi connectivity index (χ3v) is 11.9. The van der Waals surface area contributed by atoms with Crippen LogP contribution in [0.25, 0.3) is 0 Å². The first-order chi connectivity index (χ1) is 20.4. The van der Waals surface area contributed by atoms with Crippen molar-refractivity contribution in [1.82, 2.24) is 9.62 Å². The van der Waals surface area contributed by atoms with Crippen molar-refractivity contribution >= 4 is 56.4 Å². The van der Waals surface area contributed by atoms with Crippen LogP contribution >= 0.6 is 34.8 Å². The molecule has 3 aromatic carbocycles. The first kappa shape index (κ1) is 32.1. The molecule has 0 radical (unpaired) electrons. The second-order valence-electron chi connectivity index (χ2n) is 12.2. The lowest BCUT2D eigenvalue weighted by Gasteiger charge is -2.40. The van der Waals surface area contributed by atoms with Gasteiger partial charge < -0.3 is 10.6 Å². The van der Waals surface area contributed by atoms with Gasteiger partial charge in [-0.1, -0.05) is 59.1 Å². The standard InChI is InChI=1S/C33H38Cl3N3O3S/c1-33(2,38-26-13-11-25(34)12-14-26)24-9-7-22(8-10-24)21-37-32(40)20-31-28-6-4-3-5-23(28)17-18-39(31)43(41,42)27-15-16-29(35)30(36)19-27/h3-6,11-16,19,22,24,31,38H,7-10,17-18,20-21H2,1-2H3,(H,37,40). The molecule has 1 saturated carbocycles. The van der Waals surface area contributed by atoms with E-state index in [9.17, 15) is 13.2 Å². The number of hydrogen-bond acceptors (Lipinski definition) is 4. The van der Waals surface area contributed by atoms with Gasteiger partial charge in [-0.05, 0) is 111 Å². The summed E-state index contributed by atoms with van der Waals surface area (Å²) in [5.41, 5.74) is 2.92. The summed E-state index contributed by atoms with van der Waals surface area (Å²) >= 11 is 18.3. The van der Waals surface area contributed by atoms with E-state index in [1.807, 2.05) is 48.5 Å². The Balaban J connectivity index is 1.21. The first-order valence-electron chi connectivity index (χ1n) is 14.8. The number of amides is 1. The van der Waals surface area contributed by atoms with E-state index >= 15 is 0 Å². The van der Waals surface area contributed by atoms with E-state index in [1.165, 1.54) is 22.5 Å². The Morgan fingerprint density at radius 1 is 0.930 bits per heavy atom. The van der Waals surface area contributed by atoms with Gasteiger partial charge in [0.25, 0.3) is 0 Å². The Kier molecular flexibility index (Phi) is 9.99. The number of halogens is 3. The van der Waals surface area contributed by atoms with Crippen molar-refractivity contribution < 1.29 is 13.2 Å². The molecule has 1 fully saturated rings. The van der Waals surface area contributed by atoms with Gasteiger partial charge in [0, 0.05) is 35.8 Å². The minimum Gasteiger partial charge on any atom is -0.380 e. The fourth-order valence-corrected chi connectivity index (χ4v) is 8.62. The molecule has 2 N–H and O–H groups in total. The van der Waals surface area contributed by atoms with E-state index in [0.29, 0.717) is 24.8 Å². The Morgan fingerprint density at radius 2 is 1.63 bits per heavy atom. The average Bonchev–Trinajstić information content (AvgIpc) is 2.99. The number of carbonyl (C=O) groups is 1. The number of rotatable bonds is 9. The molecular weight excluding hydrogens is 625 g/mol. The third kappa shape index (κ3) is 7.51. The summed E-state index contributed by atoms with van der Waals surface area (Å²) in [5.74, 6) is 0.748. The molecule has 2 aliphatic rings. The fraction of sp³-hybridized carbons (Fsp3) is 0.424. The highest BCUT2D eigenvalue weighted by Crippen LogP contribution is 2.39. The maximum Gasteiger partial charge on any atom is 0.243 e. The molecule has 0 bridgehead atoms. The van der Waals surface area contributed by atoms with Crippen molar-refractivity contribution in [1.29, 1.82) is 0 Å². The number of hydrogen-bond donors (Lipinski definition) is 2. The van der Waals surface area contributed by atoms with E-state index in [2.05, 4.69) is 24.5 Å². The highest BCUT2D eigenvalue weighted by atomic mass is 35.5. The van der Waals surface area contributed by atoms with Crippen LogP contribution in [0.2, 0.25) is 15.1 Å². The van der Waals surface area contributed by atoms with Crippen LogP contribution in [0.15, 0.2) is 71.6 Å². The Hall–Kier alpha value is -2.29. The van der Waals surface area contributed by atoms with Gasteiger partial charge in [-0.15, -0.1) is 0 Å². The van der Waals surface area contributed by atoms with E-state index < -0.39 is 16.1 Å². The summed E-state index contributed by atoms with van der Waals surface area (Å²) in [4.78, 5) is 13.4. The summed E-state index contributed by atoms with van der Waals surface area (Å²) < 4.78 is 29.0. The summed E-state index contributed by atoms with van der Waals surface area (Å²) in [6.07, 6.45) is 4.81. The number of anilines is 1. The van der Waals surface area contributed by atoms with Crippen molar-refractivity contribution in [3.63, 3.8) is 0 Å². The zero-order chi connectivity index (χ0) is 30.8. The zero-order valence-corrected chi connectivity index (χ0v) is 27.5. The van der Waals surface area contributed by atoms with Crippen molar-refractivity contribution in [2.45, 2.75) is 68.8 Å². The monoisotopic (exact) mass is 661 g/mol. The second kappa shape index (κ2) is 13.4. The lowest BCUT2D eigenvalue weighted by molar-refractivity contribution is -0.122. The smallest absolute Gasteiger partial charge is 0.243 e. The van der Waals surface area contributed by atoms with Crippen LogP contribution in [0, 0.1) is 11.8 Å². The molecular formula is C33H38Cl3N3O3S. The van der Waals surface area contributed by atoms with Crippen LogP contribution in [0.3, 0.4) is 0 Å². The number of nitrogens with zero attached hydrogens (tertiary/aromatic N) is 1. The molecule has 5 rings (SSSR count). The molecule has 43 heavy (non-hydrogen) atoms. The molecule has 1 aliphatic carbocycles. The quantitative estimate of drug-likeness (QED) is 0.243. The molecule has 1 aliphatic heterocycles. The summed E-state index contributed by atoms with van der Waals surface area (Å²) in [6, 6.07) is 19.3. The van der Waals surface area contributed by atoms with Gasteiger partial charge in [0.1, 0.15) is 0 Å². The van der Waals surface area contributed by atoms with Crippen molar-refractivity contribution in [3.8, 4) is 0 Å². The van der Waals surface area contributed by atoms with Crippen LogP contribution in [0.1, 0.15) is 63.1 Å². The topological polar surface area (TPSA) is 78.5 Å². The number of fused-ring (bicyclic) bond motifs is 1. The van der Waals surface area contributed by atoms with Crippen LogP contribution in [0.4, 0.5) is 5.69 Å². The number of carbonyl (C=O) groups excluding carboxylic acids is 1. The predicted octanol–water partition coefficient (Wildman–Crippen LogP) is 8.14. The highest BCUT2D eigenvalue weighted by molar-refractivity contribution is 7.89. The largest absolute Gasteiger partial charge is 0.380 e. The van der Waals surface area contributed by atoms with Gasteiger partial charge in [-0.25, -0.2) is 8.42 Å². The van der Waals surface area contributed by atoms with Gasteiger partial charge in [0.2, 0.25) is 15.9 Å². The van der Waals surface area contributed by atoms with Crippen molar-refractivity contribution in [2.24, 2.45) is 11.8 Å². The van der Waals surface area contributed by atoms with Crippen LogP contribution < -0.4 is 10.6 Å². The minimum absolute atomic E-state index is 0.0466. The van der Waals surface area contributed by atoms with Crippen LogP contribution in [-0.4, -0.2) is 37.3 Å². The lowest BCUT2D eigenvalue weighted by atomic mass is 9.73. The molecule has 0 saturated heterocycles. The molecule has 6 nitrogen and oxygen atoms in total. The van der Waals surface area contributed by atoms with Crippen molar-refractivity contribution in [2.75, 3.05) is 18.4 Å². The average molecular weight is 663 g/mol. The van der Waals surface area contributed by atoms with Crippen LogP contribution in [0.5, 0.6) is 0 Å². The maximum atomic E-state index is 13.8. The van der Waals surface area contributed by atoms with E-state index in [4.69, 9.17) is 34.8 Å². The molecule has 1 heterocycles. The second-order valence-corrected chi connectivity index (χ2v) is 15.4. The molecule has 0 spiro atoms. The summed E-state index contributed by atoms with van der Waals surface area (Å²) in [7, 11) is -3.92. The SMILES string of the molecule is CC(C)(Nc1ccc(Cl)cc1)C1CCC(CNC(=O)CC2c3ccccc3CCN2S(=O)(=O)c2ccc(Cl)c(Cl)c2)CC1. The number of sulfonamides is 1. The van der Waals surface area contributed by atoms with E-state index in [0.717, 1.165) is 47.5 Å². The normalized spacial score (nSPS) is 21.2. The predicted molar refractivity (Wildman–Crippen MR) is 175 cm³/mol. The van der Waals surface area contributed by atoms with E-state index in [1.54, 1.807) is 0 Å². The Morgan fingerprint density at radius 3 is 2.33 bits per heavy atom. The maximum absolute atomic E-state index is 13.8. The van der Waals surface area contributed by atoms with Gasteiger partial charge in [-0.2, -0.15) is 4.31 Å². The Labute approximate surface area is 270 Å². The minimum atomic E-state index is -3.92. The van der Waals surface area contributed by atoms with E-state index in [-0.39, 0.29) is 39.4 Å². The van der Waals surface area contributed by atoms with Gasteiger partial charge >= 0.3 is 0 Å². The lowest BCUT2D eigenvalue weighted by Crippen LogP contribution is -2.43.